The molecule has 5 heterocycles. The largest absolute Gasteiger partial charge is 0.508 e. The van der Waals surface area contributed by atoms with Gasteiger partial charge in [0.15, 0.2) is 11.5 Å². The first-order chi connectivity index (χ1) is 52.6. The van der Waals surface area contributed by atoms with Crippen molar-refractivity contribution in [2.24, 2.45) is 29.6 Å². The summed E-state index contributed by atoms with van der Waals surface area (Å²) in [6, 6.07) is 5.44. The van der Waals surface area contributed by atoms with Crippen molar-refractivity contribution in [2.75, 3.05) is 32.6 Å². The second-order valence-electron chi connectivity index (χ2n) is 30.3. The number of aliphatic hydroxyl groups excluding tert-OH is 2. The van der Waals surface area contributed by atoms with Crippen LogP contribution in [-0.4, -0.2) is 158 Å². The number of hydrogen-bond donors (Lipinski definition) is 16. The van der Waals surface area contributed by atoms with Crippen molar-refractivity contribution < 1.29 is 97.5 Å². The van der Waals surface area contributed by atoms with Crippen LogP contribution < -0.4 is 67.4 Å². The van der Waals surface area contributed by atoms with E-state index in [1.54, 1.807) is 20.8 Å². The zero-order valence-electron chi connectivity index (χ0n) is 61.4. The Kier molecular flexibility index (Phi) is 23.5. The van der Waals surface area contributed by atoms with Crippen LogP contribution in [0.1, 0.15) is 138 Å². The third-order valence-electron chi connectivity index (χ3n) is 20.6. The second-order valence-corrected chi connectivity index (χ2v) is 31.1. The molecule has 4 fully saturated rings. The Hall–Kier alpha value is -11.1. The number of aromatic hydroxyl groups is 4. The molecule has 6 aromatic carbocycles. The number of carbonyl (C=O) groups excluding carboxylic acids is 10. The monoisotopic (exact) mass is 1570 g/mol. The number of rotatable bonds is 14. The summed E-state index contributed by atoms with van der Waals surface area (Å²) in [5.41, 5.74) is -2.46. The molecule has 0 saturated heterocycles. The third-order valence-corrected chi connectivity index (χ3v) is 21.2. The molecule has 16 N–H and O–H groups in total. The molecule has 6 aromatic rings. The molecule has 0 spiro atoms. The molecule has 4 saturated carbocycles. The highest BCUT2D eigenvalue weighted by atomic mass is 35.5. The van der Waals surface area contributed by atoms with E-state index in [0.29, 0.717) is 17.6 Å². The topological polar surface area (TPSA) is 453 Å². The van der Waals surface area contributed by atoms with Gasteiger partial charge in [-0.25, -0.2) is 9.59 Å². The molecule has 0 radical (unpaired) electrons. The first-order valence-electron chi connectivity index (χ1n) is 36.3. The van der Waals surface area contributed by atoms with Gasteiger partial charge in [0.1, 0.15) is 95.2 Å². The van der Waals surface area contributed by atoms with Crippen molar-refractivity contribution >= 4 is 88.3 Å². The number of aliphatic hydroxyl groups is 2. The Bertz CT molecular complexity index is 4650. The smallest absolute Gasteiger partial charge is 0.410 e. The van der Waals surface area contributed by atoms with Crippen molar-refractivity contribution in [3.05, 3.63) is 141 Å². The summed E-state index contributed by atoms with van der Waals surface area (Å²) in [6.07, 6.45) is -1.13. The number of imide groups is 1. The molecule has 15 bridgehead atoms. The number of amides is 11. The molecular weight excluding hydrogens is 1480 g/mol. The Morgan fingerprint density at radius 1 is 0.640 bits per heavy atom. The minimum atomic E-state index is -2.27. The summed E-state index contributed by atoms with van der Waals surface area (Å²) in [6.45, 7) is 9.05. The van der Waals surface area contributed by atoms with Gasteiger partial charge in [-0.3, -0.25) is 43.7 Å². The molecule has 111 heavy (non-hydrogen) atoms. The highest BCUT2D eigenvalue weighted by Crippen LogP contribution is 2.55. The first kappa shape index (κ1) is 79.4. The lowest BCUT2D eigenvalue weighted by Crippen LogP contribution is -2.59. The van der Waals surface area contributed by atoms with Gasteiger partial charge >= 0.3 is 12.1 Å². The van der Waals surface area contributed by atoms with Crippen molar-refractivity contribution in [3.63, 3.8) is 0 Å². The SMILES string of the molecule is CN[C@H](CC(C)C)C(=O)N[C@H]1C(=O)N[C@@H](CC(=O)NC(=O)Nc2ccc(OCCN(C)C(=O)OC(C)(C)C)cc2)C(=O)N[C@H]2C(=O)N[C@H]3C(=O)N[C@H](C(=O)N[C@H](C(=O)NC4C5CC6CC(C5)CC4C6)c4cc(O)cc(O)c4-c4cc3ccc4O)[C@H](O)c3ccc(c(Cl)c3)Oc3cc2cc(c3O)Oc2ccc(cc2Cl)[C@H]1O. The third kappa shape index (κ3) is 18.0. The van der Waals surface area contributed by atoms with Crippen molar-refractivity contribution in [2.45, 2.75) is 146 Å². The van der Waals surface area contributed by atoms with Gasteiger partial charge < -0.3 is 102 Å². The Morgan fingerprint density at radius 3 is 1.84 bits per heavy atom. The van der Waals surface area contributed by atoms with Gasteiger partial charge in [0, 0.05) is 36.0 Å². The van der Waals surface area contributed by atoms with Crippen molar-refractivity contribution in [1.82, 2.24) is 52.8 Å². The fourth-order valence-electron chi connectivity index (χ4n) is 15.5. The van der Waals surface area contributed by atoms with Gasteiger partial charge in [-0.15, -0.1) is 0 Å². The van der Waals surface area contributed by atoms with Crippen LogP contribution >= 0.6 is 23.2 Å². The highest BCUT2D eigenvalue weighted by Gasteiger charge is 2.50. The molecule has 15 rings (SSSR count). The van der Waals surface area contributed by atoms with E-state index in [9.17, 15) is 49.8 Å². The van der Waals surface area contributed by atoms with E-state index in [-0.39, 0.29) is 104 Å². The van der Waals surface area contributed by atoms with Gasteiger partial charge in [0.05, 0.1) is 29.1 Å². The number of hydrogen-bond acceptors (Lipinski definition) is 21. The summed E-state index contributed by atoms with van der Waals surface area (Å²) >= 11 is 13.9. The number of urea groups is 1. The normalized spacial score (nSPS) is 24.3. The van der Waals surface area contributed by atoms with E-state index in [1.165, 1.54) is 85.7 Å². The van der Waals surface area contributed by atoms with E-state index in [4.69, 9.17) is 42.1 Å². The van der Waals surface area contributed by atoms with E-state index >= 15 is 28.8 Å². The number of nitrogens with zero attached hydrogens (tertiary/aromatic N) is 1. The Morgan fingerprint density at radius 2 is 1.23 bits per heavy atom. The zero-order chi connectivity index (χ0) is 79.8. The summed E-state index contributed by atoms with van der Waals surface area (Å²) in [5.74, 6) is -12.6. The number of fused-ring (bicyclic) bond motifs is 15. The van der Waals surface area contributed by atoms with Crippen LogP contribution in [0, 0.1) is 29.6 Å². The molecular formula is C78H87Cl2N11O20. The lowest BCUT2D eigenvalue weighted by molar-refractivity contribution is -0.138. The van der Waals surface area contributed by atoms with Crippen LogP contribution in [0.25, 0.3) is 11.1 Å². The summed E-state index contributed by atoms with van der Waals surface area (Å²) in [5, 5.41) is 97.7. The van der Waals surface area contributed by atoms with Crippen LogP contribution in [0.15, 0.2) is 103 Å². The number of benzene rings is 6. The maximum atomic E-state index is 16.1. The van der Waals surface area contributed by atoms with E-state index in [1.807, 2.05) is 13.8 Å². The van der Waals surface area contributed by atoms with Gasteiger partial charge in [0.25, 0.3) is 0 Å². The number of anilines is 1. The number of halogens is 2. The van der Waals surface area contributed by atoms with Crippen LogP contribution in [-0.2, 0) is 43.1 Å². The number of phenols is 4. The average Bonchev–Trinajstić information content (AvgIpc) is 0.759. The fourth-order valence-corrected chi connectivity index (χ4v) is 15.9. The highest BCUT2D eigenvalue weighted by molar-refractivity contribution is 6.32. The molecule has 9 atom stereocenters. The molecule has 9 aliphatic rings. The minimum Gasteiger partial charge on any atom is -0.508 e. The maximum absolute atomic E-state index is 16.1. The molecule has 588 valence electrons. The predicted molar refractivity (Wildman–Crippen MR) is 400 cm³/mol. The van der Waals surface area contributed by atoms with E-state index in [0.717, 1.165) is 68.5 Å². The molecule has 31 nitrogen and oxygen atoms in total. The first-order valence-corrected chi connectivity index (χ1v) is 37.1. The quantitative estimate of drug-likeness (QED) is 0.0506. The lowest BCUT2D eigenvalue weighted by Gasteiger charge is -2.54. The van der Waals surface area contributed by atoms with Crippen molar-refractivity contribution in [3.8, 4) is 62.9 Å². The average molecular weight is 1570 g/mol. The van der Waals surface area contributed by atoms with E-state index in [2.05, 4.69) is 53.2 Å². The number of phenolic OH excluding ortho intramolecular Hbond substituents is 4. The molecule has 0 aromatic heterocycles. The standard InChI is InChI=1S/C78H87Cl2N11O20/c1-34(2)20-50(81-6)69(99)89-64-66(96)38-9-16-54(48(79)27-38)109-56-29-42-30-57(68(56)98)110-55-17-10-39(28-49(55)80)67(97)65-75(105)88-63(73(103)85-60-40-22-35-21-36(24-40)25-41(60)23-35)47-31-44(92)32-53(94)59(47)46-26-37(8-15-52(46)93)61(71(101)90-65)87-72(102)62(42)86-70(100)51(83-74(64)104)33-58(95)84-76(106)82-43-11-13-45(14-12-43)108-19-18-91(7)77(107)111-78(3,4)5/h8-17,26-32,34-36,40-41,50-51,60-67,81,92-94,96-98H,18-25,33H2,1-7H3,(H,83,104)(H,85,103)(H,86,100)(H,87,102)(H,88,105)(H,89,99)(H,90,101)(H2,82,84,95,106)/t35?,36?,40?,41?,50-,51+,60?,61-,62-,63+,64-,65+,66-,67-/m1/s1. The van der Waals surface area contributed by atoms with Crippen LogP contribution in [0.4, 0.5) is 15.3 Å². The van der Waals surface area contributed by atoms with Gasteiger partial charge in [-0.05, 0) is 203 Å². The Labute approximate surface area is 647 Å². The predicted octanol–water partition coefficient (Wildman–Crippen LogP) is 7.36. The lowest BCUT2D eigenvalue weighted by atomic mass is 9.54. The number of nitrogens with one attached hydrogen (secondary N) is 10. The summed E-state index contributed by atoms with van der Waals surface area (Å²) in [7, 11) is 3.03. The van der Waals surface area contributed by atoms with Crippen molar-refractivity contribution in [1.29, 1.82) is 0 Å². The molecule has 5 aliphatic heterocycles. The summed E-state index contributed by atoms with van der Waals surface area (Å²) in [4.78, 5) is 150. The number of ether oxygens (including phenoxy) is 4. The fraction of sp³-hybridized carbons (Fsp3) is 0.410. The molecule has 33 heteroatoms. The zero-order valence-corrected chi connectivity index (χ0v) is 63.0. The van der Waals surface area contributed by atoms with E-state index < -0.39 is 166 Å². The molecule has 11 amide bonds. The van der Waals surface area contributed by atoms with Gasteiger partial charge in [-0.1, -0.05) is 55.2 Å². The number of carbonyl (C=O) groups is 10. The summed E-state index contributed by atoms with van der Waals surface area (Å²) < 4.78 is 23.8. The van der Waals surface area contributed by atoms with Crippen LogP contribution in [0.3, 0.4) is 0 Å². The van der Waals surface area contributed by atoms with Crippen LogP contribution in [0.2, 0.25) is 10.0 Å². The van der Waals surface area contributed by atoms with Crippen LogP contribution in [0.5, 0.6) is 51.7 Å². The maximum Gasteiger partial charge on any atom is 0.410 e. The Balaban J connectivity index is 0.946. The van der Waals surface area contributed by atoms with Gasteiger partial charge in [0.2, 0.25) is 53.0 Å². The molecule has 4 aliphatic carbocycles. The minimum absolute atomic E-state index is 0.0494. The molecule has 0 unspecified atom stereocenters. The number of likely N-dealkylation sites (N-methyl/N-ethyl adjacent to an activating group) is 2. The second kappa shape index (κ2) is 32.8. The van der Waals surface area contributed by atoms with Gasteiger partial charge in [-0.2, -0.15) is 0 Å².